The Labute approximate surface area is 221 Å². The summed E-state index contributed by atoms with van der Waals surface area (Å²) in [6.45, 7) is 5.85. The summed E-state index contributed by atoms with van der Waals surface area (Å²) in [5.41, 5.74) is 6.07. The molecular weight excluding hydrogens is 520 g/mol. The summed E-state index contributed by atoms with van der Waals surface area (Å²) in [5.74, 6) is -1.59. The summed E-state index contributed by atoms with van der Waals surface area (Å²) in [4.78, 5) is 54.5. The summed E-state index contributed by atoms with van der Waals surface area (Å²) in [7, 11) is 1.28. The van der Waals surface area contributed by atoms with Crippen LogP contribution in [-0.4, -0.2) is 75.7 Å². The first-order valence-electron chi connectivity index (χ1n) is 11.4. The lowest BCUT2D eigenvalue weighted by atomic mass is 10.0. The van der Waals surface area contributed by atoms with Crippen molar-refractivity contribution in [2.75, 3.05) is 36.6 Å². The Balaban J connectivity index is 1.53. The van der Waals surface area contributed by atoms with E-state index < -0.39 is 29.2 Å². The number of carbonyl (C=O) groups is 3. The standard InChI is InChI=1S/C22H26N8O5S2/c1-4-29(5-2)14-9-28(7-6-24-14)8-12-10-36-20-16(19(32)30(20)17(12)21(33)34)26-18(31)15(27-35-3)13-11-37-22(23)25-13/h6-7,9,11,16,20H,4-5,8,10H2,1-3H3,(H3-,23,25,26,31,33,34)/t16?,20-/m0/s1. The van der Waals surface area contributed by atoms with Gasteiger partial charge in [0.25, 0.3) is 11.8 Å². The monoisotopic (exact) mass is 546 g/mol. The molecule has 2 atom stereocenters. The van der Waals surface area contributed by atoms with Crippen molar-refractivity contribution < 1.29 is 28.9 Å². The van der Waals surface area contributed by atoms with Crippen molar-refractivity contribution >= 4 is 57.5 Å². The van der Waals surface area contributed by atoms with E-state index in [2.05, 4.69) is 25.3 Å². The smallest absolute Gasteiger partial charge is 0.276 e. The summed E-state index contributed by atoms with van der Waals surface area (Å²) in [5, 5.41) is 19.6. The third-order valence-corrected chi connectivity index (χ3v) is 7.91. The van der Waals surface area contributed by atoms with Crippen LogP contribution in [0.2, 0.25) is 0 Å². The van der Waals surface area contributed by atoms with Gasteiger partial charge in [-0.25, -0.2) is 9.97 Å². The minimum Gasteiger partial charge on any atom is -0.543 e. The molecular formula is C22H26N8O5S2. The van der Waals surface area contributed by atoms with Gasteiger partial charge < -0.3 is 30.7 Å². The Morgan fingerprint density at radius 2 is 2.16 bits per heavy atom. The zero-order valence-electron chi connectivity index (χ0n) is 20.4. The van der Waals surface area contributed by atoms with Gasteiger partial charge in [0.05, 0.1) is 17.9 Å². The number of thioether (sulfide) groups is 1. The molecule has 37 heavy (non-hydrogen) atoms. The second-order valence-electron chi connectivity index (χ2n) is 8.05. The minimum absolute atomic E-state index is 0.142. The molecule has 0 spiro atoms. The first-order valence-corrected chi connectivity index (χ1v) is 13.3. The van der Waals surface area contributed by atoms with Crippen LogP contribution >= 0.6 is 23.1 Å². The number of hydrogen-bond acceptors (Lipinski definition) is 12. The number of nitrogens with one attached hydrogen (secondary N) is 1. The average molecular weight is 547 g/mol. The lowest BCUT2D eigenvalue weighted by Gasteiger charge is -2.50. The van der Waals surface area contributed by atoms with Crippen molar-refractivity contribution in [2.45, 2.75) is 31.8 Å². The number of carboxylic acids is 1. The van der Waals surface area contributed by atoms with E-state index in [1.54, 1.807) is 17.8 Å². The molecule has 0 saturated carbocycles. The van der Waals surface area contributed by atoms with Crippen LogP contribution in [0.4, 0.5) is 10.9 Å². The zero-order chi connectivity index (χ0) is 26.7. The summed E-state index contributed by atoms with van der Waals surface area (Å²) in [6, 6.07) is -0.950. The highest BCUT2D eigenvalue weighted by molar-refractivity contribution is 8.00. The molecule has 0 aliphatic carbocycles. The van der Waals surface area contributed by atoms with Gasteiger partial charge in [-0.1, -0.05) is 5.16 Å². The number of carbonyl (C=O) groups excluding carboxylic acids is 3. The molecule has 3 N–H and O–H groups in total. The molecule has 1 saturated heterocycles. The van der Waals surface area contributed by atoms with Crippen molar-refractivity contribution in [1.29, 1.82) is 0 Å². The van der Waals surface area contributed by atoms with Crippen LogP contribution in [0.15, 0.2) is 40.4 Å². The molecule has 2 aromatic heterocycles. The van der Waals surface area contributed by atoms with E-state index in [0.717, 1.165) is 30.2 Å². The fourth-order valence-corrected chi connectivity index (χ4v) is 6.03. The van der Waals surface area contributed by atoms with Gasteiger partial charge >= 0.3 is 0 Å². The number of carboxylic acid groups (broad SMARTS) is 1. The van der Waals surface area contributed by atoms with Gasteiger partial charge in [0.15, 0.2) is 29.4 Å². The molecule has 0 radical (unpaired) electrons. The van der Waals surface area contributed by atoms with Gasteiger partial charge in [-0.3, -0.25) is 14.5 Å². The maximum atomic E-state index is 13.0. The second-order valence-corrected chi connectivity index (χ2v) is 10.0. The van der Waals surface area contributed by atoms with E-state index in [-0.39, 0.29) is 28.8 Å². The first kappa shape index (κ1) is 26.3. The van der Waals surface area contributed by atoms with Crippen LogP contribution < -0.4 is 25.6 Å². The normalized spacial score (nSPS) is 19.3. The Morgan fingerprint density at radius 1 is 1.41 bits per heavy atom. The highest BCUT2D eigenvalue weighted by Gasteiger charge is 2.53. The Bertz CT molecular complexity index is 1280. The lowest BCUT2D eigenvalue weighted by Crippen LogP contribution is -2.71. The molecule has 2 amide bonds. The third kappa shape index (κ3) is 5.22. The Morgan fingerprint density at radius 3 is 2.78 bits per heavy atom. The van der Waals surface area contributed by atoms with Crippen molar-refractivity contribution in [3.63, 3.8) is 0 Å². The summed E-state index contributed by atoms with van der Waals surface area (Å²) in [6.07, 6.45) is 5.24. The number of oxime groups is 1. The fourth-order valence-electron chi connectivity index (χ4n) is 4.14. The molecule has 196 valence electrons. The highest BCUT2D eigenvalue weighted by atomic mass is 32.2. The van der Waals surface area contributed by atoms with Crippen LogP contribution in [0.1, 0.15) is 19.5 Å². The van der Waals surface area contributed by atoms with Crippen molar-refractivity contribution in [1.82, 2.24) is 20.2 Å². The van der Waals surface area contributed by atoms with Crippen LogP contribution in [0.25, 0.3) is 0 Å². The molecule has 13 nitrogen and oxygen atoms in total. The number of β-lactam (4-membered cyclic amide) rings is 1. The van der Waals surface area contributed by atoms with Crippen LogP contribution in [-0.2, 0) is 25.8 Å². The second kappa shape index (κ2) is 11.1. The predicted octanol–water partition coefficient (Wildman–Crippen LogP) is -1.29. The number of nitrogens with two attached hydrogens (primary N) is 1. The van der Waals surface area contributed by atoms with E-state index in [1.165, 1.54) is 23.8 Å². The molecule has 2 aliphatic heterocycles. The maximum absolute atomic E-state index is 13.0. The number of thiazole rings is 1. The van der Waals surface area contributed by atoms with E-state index in [1.807, 2.05) is 24.6 Å². The number of aromatic nitrogens is 3. The summed E-state index contributed by atoms with van der Waals surface area (Å²) >= 11 is 2.48. The highest BCUT2D eigenvalue weighted by Crippen LogP contribution is 2.40. The number of aliphatic carboxylic acids is 1. The first-order chi connectivity index (χ1) is 17.8. The van der Waals surface area contributed by atoms with Gasteiger partial charge in [0, 0.05) is 29.8 Å². The molecule has 2 aromatic rings. The van der Waals surface area contributed by atoms with Gasteiger partial charge in [-0.15, -0.1) is 23.1 Å². The number of fused-ring (bicyclic) bond motifs is 1. The molecule has 0 aromatic carbocycles. The van der Waals surface area contributed by atoms with Crippen LogP contribution in [0, 0.1) is 0 Å². The number of anilines is 2. The molecule has 4 rings (SSSR count). The topological polar surface area (TPSA) is 170 Å². The molecule has 1 fully saturated rings. The quantitative estimate of drug-likeness (QED) is 0.158. The van der Waals surface area contributed by atoms with E-state index in [9.17, 15) is 19.5 Å². The van der Waals surface area contributed by atoms with Gasteiger partial charge in [0.1, 0.15) is 24.2 Å². The molecule has 4 heterocycles. The van der Waals surface area contributed by atoms with Crippen molar-refractivity contribution in [2.24, 2.45) is 5.16 Å². The molecule has 1 unspecified atom stereocenters. The molecule has 0 bridgehead atoms. The van der Waals surface area contributed by atoms with E-state index >= 15 is 0 Å². The van der Waals surface area contributed by atoms with Gasteiger partial charge in [0.2, 0.25) is 6.20 Å². The van der Waals surface area contributed by atoms with Crippen molar-refractivity contribution in [3.8, 4) is 0 Å². The Kier molecular flexibility index (Phi) is 7.92. The maximum Gasteiger partial charge on any atom is 0.276 e. The number of hydrogen-bond donors (Lipinski definition) is 2. The predicted molar refractivity (Wildman–Crippen MR) is 135 cm³/mol. The number of nitrogen functional groups attached to an aromatic ring is 1. The van der Waals surface area contributed by atoms with E-state index in [4.69, 9.17) is 10.6 Å². The lowest BCUT2D eigenvalue weighted by molar-refractivity contribution is -0.688. The fraction of sp³-hybridized carbons (Fsp3) is 0.409. The van der Waals surface area contributed by atoms with Crippen molar-refractivity contribution in [3.05, 3.63) is 40.9 Å². The Hall–Kier alpha value is -3.72. The average Bonchev–Trinajstić information content (AvgIpc) is 3.32. The summed E-state index contributed by atoms with van der Waals surface area (Å²) < 4.78 is 1.83. The number of nitrogens with zero attached hydrogens (tertiary/aromatic N) is 6. The van der Waals surface area contributed by atoms with Gasteiger partial charge in [-0.05, 0) is 13.8 Å². The zero-order valence-corrected chi connectivity index (χ0v) is 22.0. The number of amides is 2. The van der Waals surface area contributed by atoms with E-state index in [0.29, 0.717) is 11.3 Å². The molecule has 15 heteroatoms. The SMILES string of the molecule is CCN(CC)c1c[n+](CC2=C(C(=O)[O-])N3C(=O)C(NC(=O)C(=NOC)c4csc(N)n4)[C@@H]3SC2)ccn1. The minimum atomic E-state index is -1.45. The number of rotatable bonds is 10. The van der Waals surface area contributed by atoms with Crippen LogP contribution in [0.3, 0.4) is 0 Å². The third-order valence-electron chi connectivity index (χ3n) is 5.90. The van der Waals surface area contributed by atoms with Crippen LogP contribution in [0.5, 0.6) is 0 Å². The van der Waals surface area contributed by atoms with Gasteiger partial charge in [-0.2, -0.15) is 4.57 Å². The largest absolute Gasteiger partial charge is 0.543 e. The molecule has 2 aliphatic rings.